The molecule has 0 atom stereocenters. The lowest BCUT2D eigenvalue weighted by molar-refractivity contribution is -0.275. The molecule has 0 fully saturated rings. The van der Waals surface area contributed by atoms with Crippen LogP contribution in [0.3, 0.4) is 0 Å². The minimum Gasteiger partial charge on any atom is -0.481 e. The second kappa shape index (κ2) is 5.66. The summed E-state index contributed by atoms with van der Waals surface area (Å²) in [5.41, 5.74) is -2.63. The van der Waals surface area contributed by atoms with Crippen LogP contribution in [0.5, 0.6) is 11.6 Å². The molecule has 0 bridgehead atoms. The molecule has 1 rings (SSSR count). The van der Waals surface area contributed by atoms with E-state index in [4.69, 9.17) is 5.11 Å². The standard InChI is InChI=1S/C10H7F6NO4/c1-20-8-5(21-10(14,15)16)2-4(3-6(18)19)7(17-8)9(11,12)13/h2H,3H2,1H3,(H,18,19). The molecule has 0 aliphatic heterocycles. The molecule has 0 amide bonds. The summed E-state index contributed by atoms with van der Waals surface area (Å²) in [5.74, 6) is -3.89. The van der Waals surface area contributed by atoms with Crippen molar-refractivity contribution < 1.29 is 45.7 Å². The number of alkyl halides is 6. The summed E-state index contributed by atoms with van der Waals surface area (Å²) in [4.78, 5) is 13.4. The third-order valence-electron chi connectivity index (χ3n) is 2.06. The van der Waals surface area contributed by atoms with E-state index in [1.54, 1.807) is 0 Å². The van der Waals surface area contributed by atoms with E-state index in [0.717, 1.165) is 7.11 Å². The number of ether oxygens (including phenoxy) is 2. The van der Waals surface area contributed by atoms with Crippen molar-refractivity contribution in [3.8, 4) is 11.6 Å². The fourth-order valence-corrected chi connectivity index (χ4v) is 1.40. The van der Waals surface area contributed by atoms with Gasteiger partial charge in [-0.25, -0.2) is 4.98 Å². The highest BCUT2D eigenvalue weighted by Gasteiger charge is 2.39. The number of aromatic nitrogens is 1. The summed E-state index contributed by atoms with van der Waals surface area (Å²) in [6.07, 6.45) is -11.4. The number of carbonyl (C=O) groups is 1. The van der Waals surface area contributed by atoms with Gasteiger partial charge in [0.05, 0.1) is 13.5 Å². The zero-order valence-corrected chi connectivity index (χ0v) is 10.2. The first kappa shape index (κ1) is 16.9. The number of carboxylic acid groups (broad SMARTS) is 1. The summed E-state index contributed by atoms with van der Waals surface area (Å²) in [7, 11) is 0.794. The fourth-order valence-electron chi connectivity index (χ4n) is 1.40. The molecule has 0 aliphatic rings. The molecule has 0 spiro atoms. The monoisotopic (exact) mass is 319 g/mol. The molecule has 0 radical (unpaired) electrons. The average molecular weight is 319 g/mol. The van der Waals surface area contributed by atoms with E-state index in [2.05, 4.69) is 14.5 Å². The molecule has 0 saturated heterocycles. The van der Waals surface area contributed by atoms with E-state index in [1.165, 1.54) is 0 Å². The molecule has 21 heavy (non-hydrogen) atoms. The predicted molar refractivity (Wildman–Crippen MR) is 53.8 cm³/mol. The quantitative estimate of drug-likeness (QED) is 0.864. The zero-order valence-electron chi connectivity index (χ0n) is 10.2. The van der Waals surface area contributed by atoms with Crippen LogP contribution in [0.15, 0.2) is 6.07 Å². The number of halogens is 6. The predicted octanol–water partition coefficient (Wildman–Crippen LogP) is 2.63. The minimum absolute atomic E-state index is 0.288. The molecule has 1 N–H and O–H groups in total. The van der Waals surface area contributed by atoms with Crippen molar-refractivity contribution in [3.63, 3.8) is 0 Å². The molecule has 1 aromatic rings. The highest BCUT2D eigenvalue weighted by molar-refractivity contribution is 5.71. The number of nitrogens with zero attached hydrogens (tertiary/aromatic N) is 1. The Bertz CT molecular complexity index is 540. The molecule has 11 heteroatoms. The van der Waals surface area contributed by atoms with Crippen molar-refractivity contribution in [2.75, 3.05) is 7.11 Å². The van der Waals surface area contributed by atoms with E-state index in [1.807, 2.05) is 0 Å². The van der Waals surface area contributed by atoms with Crippen LogP contribution in [0.25, 0.3) is 0 Å². The maximum Gasteiger partial charge on any atom is 0.573 e. The molecule has 0 aliphatic carbocycles. The maximum atomic E-state index is 12.7. The third kappa shape index (κ3) is 4.68. The van der Waals surface area contributed by atoms with Crippen LogP contribution in [-0.2, 0) is 17.4 Å². The lowest BCUT2D eigenvalue weighted by Gasteiger charge is -2.16. The summed E-state index contributed by atoms with van der Waals surface area (Å²) in [6, 6.07) is 0.288. The van der Waals surface area contributed by atoms with Crippen LogP contribution in [0, 0.1) is 0 Å². The molecule has 5 nitrogen and oxygen atoms in total. The SMILES string of the molecule is COc1nc(C(F)(F)F)c(CC(=O)O)cc1OC(F)(F)F. The number of methoxy groups -OCH3 is 1. The Labute approximate surface area is 113 Å². The Morgan fingerprint density at radius 2 is 1.86 bits per heavy atom. The number of hydrogen-bond acceptors (Lipinski definition) is 4. The molecule has 1 aromatic heterocycles. The molecular weight excluding hydrogens is 312 g/mol. The van der Waals surface area contributed by atoms with Gasteiger partial charge in [0.15, 0.2) is 11.4 Å². The highest BCUT2D eigenvalue weighted by atomic mass is 19.4. The van der Waals surface area contributed by atoms with E-state index in [0.29, 0.717) is 0 Å². The highest BCUT2D eigenvalue weighted by Crippen LogP contribution is 2.38. The van der Waals surface area contributed by atoms with Crippen molar-refractivity contribution in [3.05, 3.63) is 17.3 Å². The summed E-state index contributed by atoms with van der Waals surface area (Å²) in [5, 5.41) is 8.52. The van der Waals surface area contributed by atoms with E-state index in [-0.39, 0.29) is 6.07 Å². The van der Waals surface area contributed by atoms with Gasteiger partial charge in [-0.05, 0) is 11.6 Å². The molecule has 118 valence electrons. The van der Waals surface area contributed by atoms with E-state index in [9.17, 15) is 31.1 Å². The van der Waals surface area contributed by atoms with Crippen molar-refractivity contribution in [1.82, 2.24) is 4.98 Å². The number of carboxylic acids is 1. The fraction of sp³-hybridized carbons (Fsp3) is 0.400. The van der Waals surface area contributed by atoms with Gasteiger partial charge in [0.1, 0.15) is 0 Å². The van der Waals surface area contributed by atoms with Gasteiger partial charge in [-0.3, -0.25) is 4.79 Å². The Morgan fingerprint density at radius 1 is 1.29 bits per heavy atom. The van der Waals surface area contributed by atoms with Gasteiger partial charge in [-0.1, -0.05) is 0 Å². The lowest BCUT2D eigenvalue weighted by atomic mass is 10.1. The smallest absolute Gasteiger partial charge is 0.481 e. The van der Waals surface area contributed by atoms with Crippen molar-refractivity contribution in [2.24, 2.45) is 0 Å². The number of pyridine rings is 1. The van der Waals surface area contributed by atoms with Crippen molar-refractivity contribution >= 4 is 5.97 Å². The van der Waals surface area contributed by atoms with E-state index < -0.39 is 47.8 Å². The summed E-state index contributed by atoms with van der Waals surface area (Å²) >= 11 is 0. The number of hydrogen-bond donors (Lipinski definition) is 1. The molecule has 0 aromatic carbocycles. The molecular formula is C10H7F6NO4. The minimum atomic E-state index is -5.20. The summed E-state index contributed by atoms with van der Waals surface area (Å²) in [6.45, 7) is 0. The van der Waals surface area contributed by atoms with Crippen molar-refractivity contribution in [2.45, 2.75) is 19.0 Å². The first-order chi connectivity index (χ1) is 9.44. The lowest BCUT2D eigenvalue weighted by Crippen LogP contribution is -2.20. The zero-order chi connectivity index (χ0) is 16.4. The van der Waals surface area contributed by atoms with Crippen molar-refractivity contribution in [1.29, 1.82) is 0 Å². The van der Waals surface area contributed by atoms with Crippen LogP contribution in [-0.4, -0.2) is 29.5 Å². The van der Waals surface area contributed by atoms with E-state index >= 15 is 0 Å². The van der Waals surface area contributed by atoms with Gasteiger partial charge < -0.3 is 14.6 Å². The normalized spacial score (nSPS) is 12.1. The first-order valence-electron chi connectivity index (χ1n) is 5.06. The van der Waals surface area contributed by atoms with Crippen LogP contribution < -0.4 is 9.47 Å². The van der Waals surface area contributed by atoms with Crippen LogP contribution >= 0.6 is 0 Å². The topological polar surface area (TPSA) is 68.7 Å². The van der Waals surface area contributed by atoms with Gasteiger partial charge in [0.2, 0.25) is 0 Å². The van der Waals surface area contributed by atoms with Gasteiger partial charge in [0.25, 0.3) is 5.88 Å². The van der Waals surface area contributed by atoms with Gasteiger partial charge in [0, 0.05) is 0 Å². The van der Waals surface area contributed by atoms with Crippen LogP contribution in [0.4, 0.5) is 26.3 Å². The summed E-state index contributed by atoms with van der Waals surface area (Å²) < 4.78 is 82.3. The molecule has 1 heterocycles. The van der Waals surface area contributed by atoms with Crippen LogP contribution in [0.1, 0.15) is 11.3 Å². The Kier molecular flexibility index (Phi) is 4.54. The average Bonchev–Trinajstić information content (AvgIpc) is 2.24. The second-order valence-corrected chi connectivity index (χ2v) is 3.62. The van der Waals surface area contributed by atoms with Gasteiger partial charge in [-0.2, -0.15) is 13.2 Å². The van der Waals surface area contributed by atoms with Gasteiger partial charge in [-0.15, -0.1) is 13.2 Å². The third-order valence-corrected chi connectivity index (χ3v) is 2.06. The number of rotatable bonds is 4. The number of aliphatic carboxylic acids is 1. The largest absolute Gasteiger partial charge is 0.573 e. The molecule has 0 unspecified atom stereocenters. The second-order valence-electron chi connectivity index (χ2n) is 3.62. The Balaban J connectivity index is 3.44. The van der Waals surface area contributed by atoms with Crippen LogP contribution in [0.2, 0.25) is 0 Å². The Hall–Kier alpha value is -2.20. The Morgan fingerprint density at radius 3 is 2.24 bits per heavy atom. The molecule has 0 saturated carbocycles. The van der Waals surface area contributed by atoms with Gasteiger partial charge >= 0.3 is 18.5 Å². The maximum absolute atomic E-state index is 12.7. The first-order valence-corrected chi connectivity index (χ1v) is 5.06.